The second-order valence-electron chi connectivity index (χ2n) is 7.18. The molecule has 3 rings (SSSR count). The summed E-state index contributed by atoms with van der Waals surface area (Å²) >= 11 is 0. The van der Waals surface area contributed by atoms with Crippen LogP contribution >= 0.6 is 0 Å². The van der Waals surface area contributed by atoms with Gasteiger partial charge in [-0.25, -0.2) is 4.68 Å². The van der Waals surface area contributed by atoms with Crippen molar-refractivity contribution in [3.8, 4) is 11.4 Å². The summed E-state index contributed by atoms with van der Waals surface area (Å²) < 4.78 is 12.8. The van der Waals surface area contributed by atoms with Crippen LogP contribution in [0.5, 0.6) is 5.75 Å². The Hall–Kier alpha value is -2.38. The number of nitrogens with zero attached hydrogens (tertiary/aromatic N) is 3. The van der Waals surface area contributed by atoms with Gasteiger partial charge < -0.3 is 14.8 Å². The summed E-state index contributed by atoms with van der Waals surface area (Å²) in [6.45, 7) is 8.38. The first kappa shape index (κ1) is 19.4. The van der Waals surface area contributed by atoms with E-state index in [9.17, 15) is 4.79 Å². The van der Waals surface area contributed by atoms with Gasteiger partial charge in [0.05, 0.1) is 31.7 Å². The molecule has 1 saturated heterocycles. The summed E-state index contributed by atoms with van der Waals surface area (Å²) in [5.41, 5.74) is 1.14. The molecule has 0 aliphatic carbocycles. The molecule has 1 atom stereocenters. The number of amides is 1. The number of carbonyl (C=O) groups is 1. The van der Waals surface area contributed by atoms with Crippen LogP contribution in [0.1, 0.15) is 24.3 Å². The molecule has 1 N–H and O–H groups in total. The van der Waals surface area contributed by atoms with Crippen molar-refractivity contribution in [1.29, 1.82) is 0 Å². The lowest BCUT2D eigenvalue weighted by atomic mass is 10.2. The fraction of sp³-hybridized carbons (Fsp3) is 0.500. The largest absolute Gasteiger partial charge is 0.493 e. The van der Waals surface area contributed by atoms with Gasteiger partial charge in [-0.2, -0.15) is 5.10 Å². The highest BCUT2D eigenvalue weighted by molar-refractivity contribution is 5.95. The predicted octanol–water partition coefficient (Wildman–Crippen LogP) is 1.97. The highest BCUT2D eigenvalue weighted by Crippen LogP contribution is 2.19. The summed E-state index contributed by atoms with van der Waals surface area (Å²) in [5.74, 6) is 0.804. The smallest absolute Gasteiger partial charge is 0.275 e. The van der Waals surface area contributed by atoms with E-state index in [0.717, 1.165) is 25.3 Å². The van der Waals surface area contributed by atoms with Crippen molar-refractivity contribution in [3.63, 3.8) is 0 Å². The average molecular weight is 372 g/mol. The molecule has 1 fully saturated rings. The summed E-state index contributed by atoms with van der Waals surface area (Å²) in [7, 11) is 1.54. The molecule has 7 nitrogen and oxygen atoms in total. The Kier molecular flexibility index (Phi) is 6.47. The topological polar surface area (TPSA) is 68.6 Å². The molecule has 1 unspecified atom stereocenters. The first-order valence-electron chi connectivity index (χ1n) is 9.38. The van der Waals surface area contributed by atoms with E-state index in [4.69, 9.17) is 9.47 Å². The second kappa shape index (κ2) is 9.01. The van der Waals surface area contributed by atoms with Crippen molar-refractivity contribution in [2.45, 2.75) is 20.0 Å². The molecule has 0 radical (unpaired) electrons. The molecule has 7 heteroatoms. The van der Waals surface area contributed by atoms with Gasteiger partial charge in [0.2, 0.25) is 0 Å². The summed E-state index contributed by atoms with van der Waals surface area (Å²) in [4.78, 5) is 15.0. The lowest BCUT2D eigenvalue weighted by Gasteiger charge is -2.33. The van der Waals surface area contributed by atoms with Crippen LogP contribution in [0.15, 0.2) is 36.5 Å². The fourth-order valence-electron chi connectivity index (χ4n) is 3.25. The quantitative estimate of drug-likeness (QED) is 0.805. The van der Waals surface area contributed by atoms with Crippen molar-refractivity contribution in [3.05, 3.63) is 42.2 Å². The molecule has 0 spiro atoms. The first-order chi connectivity index (χ1) is 13.1. The minimum atomic E-state index is -0.258. The Morgan fingerprint density at radius 1 is 1.37 bits per heavy atom. The van der Waals surface area contributed by atoms with E-state index in [-0.39, 0.29) is 17.7 Å². The maximum atomic E-state index is 12.6. The van der Waals surface area contributed by atoms with Crippen LogP contribution in [0, 0.1) is 5.92 Å². The maximum Gasteiger partial charge on any atom is 0.275 e. The molecule has 1 aliphatic rings. The van der Waals surface area contributed by atoms with Gasteiger partial charge in [-0.15, -0.1) is 0 Å². The Bertz CT molecular complexity index is 745. The minimum Gasteiger partial charge on any atom is -0.493 e. The summed E-state index contributed by atoms with van der Waals surface area (Å²) in [6, 6.07) is 9.63. The van der Waals surface area contributed by atoms with Crippen LogP contribution in [-0.4, -0.2) is 66.6 Å². The summed E-state index contributed by atoms with van der Waals surface area (Å²) in [5, 5.41) is 7.33. The van der Waals surface area contributed by atoms with Gasteiger partial charge in [0.15, 0.2) is 11.4 Å². The normalized spacial score (nSPS) is 17.9. The van der Waals surface area contributed by atoms with Gasteiger partial charge in [-0.05, 0) is 18.1 Å². The van der Waals surface area contributed by atoms with E-state index in [1.54, 1.807) is 10.9 Å². The molecular formula is C20H28N4O3. The Balaban J connectivity index is 1.62. The van der Waals surface area contributed by atoms with Gasteiger partial charge in [0.1, 0.15) is 0 Å². The third-order valence-electron chi connectivity index (χ3n) is 4.47. The fourth-order valence-corrected chi connectivity index (χ4v) is 3.25. The van der Waals surface area contributed by atoms with Crippen LogP contribution in [0.3, 0.4) is 0 Å². The van der Waals surface area contributed by atoms with E-state index in [1.807, 2.05) is 30.3 Å². The number of methoxy groups -OCH3 is 1. The molecule has 27 heavy (non-hydrogen) atoms. The monoisotopic (exact) mass is 372 g/mol. The molecule has 1 aromatic carbocycles. The van der Waals surface area contributed by atoms with E-state index in [1.165, 1.54) is 7.11 Å². The maximum absolute atomic E-state index is 12.6. The van der Waals surface area contributed by atoms with Crippen molar-refractivity contribution < 1.29 is 14.3 Å². The zero-order valence-corrected chi connectivity index (χ0v) is 16.2. The lowest BCUT2D eigenvalue weighted by molar-refractivity contribution is -0.0296. The average Bonchev–Trinajstić information content (AvgIpc) is 3.11. The van der Waals surface area contributed by atoms with E-state index in [0.29, 0.717) is 24.8 Å². The van der Waals surface area contributed by atoms with Gasteiger partial charge in [0.25, 0.3) is 5.91 Å². The minimum absolute atomic E-state index is 0.0105. The van der Waals surface area contributed by atoms with Gasteiger partial charge >= 0.3 is 0 Å². The second-order valence-corrected chi connectivity index (χ2v) is 7.18. The molecular weight excluding hydrogens is 344 g/mol. The van der Waals surface area contributed by atoms with E-state index < -0.39 is 0 Å². The molecule has 1 aliphatic heterocycles. The number of rotatable bonds is 7. The SMILES string of the molecule is COc1cn(-c2ccccc2)nc1C(=O)NCC1CN(CC(C)C)CCO1. The predicted molar refractivity (Wildman–Crippen MR) is 103 cm³/mol. The number of para-hydroxylation sites is 1. The number of carbonyl (C=O) groups excluding carboxylic acids is 1. The number of hydrogen-bond donors (Lipinski definition) is 1. The number of morpholine rings is 1. The van der Waals surface area contributed by atoms with Crippen molar-refractivity contribution >= 4 is 5.91 Å². The highest BCUT2D eigenvalue weighted by atomic mass is 16.5. The number of ether oxygens (including phenoxy) is 2. The van der Waals surface area contributed by atoms with Crippen molar-refractivity contribution in [1.82, 2.24) is 20.0 Å². The molecule has 0 bridgehead atoms. The zero-order valence-electron chi connectivity index (χ0n) is 16.2. The van der Waals surface area contributed by atoms with Crippen LogP contribution in [0.2, 0.25) is 0 Å². The van der Waals surface area contributed by atoms with E-state index in [2.05, 4.69) is 29.2 Å². The Morgan fingerprint density at radius 2 is 2.15 bits per heavy atom. The third-order valence-corrected chi connectivity index (χ3v) is 4.47. The highest BCUT2D eigenvalue weighted by Gasteiger charge is 2.23. The van der Waals surface area contributed by atoms with Crippen LogP contribution in [-0.2, 0) is 4.74 Å². The van der Waals surface area contributed by atoms with E-state index >= 15 is 0 Å². The van der Waals surface area contributed by atoms with Gasteiger partial charge in [0, 0.05) is 26.2 Å². The van der Waals surface area contributed by atoms with Gasteiger partial charge in [-0.1, -0.05) is 32.0 Å². The number of aromatic nitrogens is 2. The summed E-state index contributed by atoms with van der Waals surface area (Å²) in [6.07, 6.45) is 1.70. The Morgan fingerprint density at radius 3 is 2.85 bits per heavy atom. The molecule has 1 aromatic heterocycles. The number of hydrogen-bond acceptors (Lipinski definition) is 5. The molecule has 1 amide bonds. The number of benzene rings is 1. The molecule has 146 valence electrons. The van der Waals surface area contributed by atoms with Crippen molar-refractivity contribution in [2.24, 2.45) is 5.92 Å². The molecule has 2 aromatic rings. The van der Waals surface area contributed by atoms with Crippen LogP contribution in [0.4, 0.5) is 0 Å². The van der Waals surface area contributed by atoms with Crippen LogP contribution in [0.25, 0.3) is 5.69 Å². The first-order valence-corrected chi connectivity index (χ1v) is 9.38. The van der Waals surface area contributed by atoms with Gasteiger partial charge in [-0.3, -0.25) is 9.69 Å². The molecule has 2 heterocycles. The van der Waals surface area contributed by atoms with Crippen LogP contribution < -0.4 is 10.1 Å². The number of nitrogens with one attached hydrogen (secondary N) is 1. The Labute approximate surface area is 160 Å². The standard InChI is InChI=1S/C20H28N4O3/c1-15(2)12-23-9-10-27-17(13-23)11-21-20(25)19-18(26-3)14-24(22-19)16-7-5-4-6-8-16/h4-8,14-15,17H,9-13H2,1-3H3,(H,21,25). The third kappa shape index (κ3) is 5.08. The van der Waals surface area contributed by atoms with Crippen molar-refractivity contribution in [2.75, 3.05) is 39.9 Å². The zero-order chi connectivity index (χ0) is 19.2. The molecule has 0 saturated carbocycles. The lowest BCUT2D eigenvalue weighted by Crippen LogP contribution is -2.48.